The molecule has 0 saturated carbocycles. The molecular formula is C27H32N6O6. The monoisotopic (exact) mass is 536 g/mol. The number of piperazine rings is 1. The van der Waals surface area contributed by atoms with Crippen LogP contribution in [0.2, 0.25) is 0 Å². The first-order valence-electron chi connectivity index (χ1n) is 13.1. The van der Waals surface area contributed by atoms with Gasteiger partial charge in [-0.05, 0) is 49.2 Å². The van der Waals surface area contributed by atoms with Crippen LogP contribution in [0.25, 0.3) is 6.08 Å². The molecule has 1 aromatic rings. The summed E-state index contributed by atoms with van der Waals surface area (Å²) in [6, 6.07) is 3.53. The molecular weight excluding hydrogens is 504 g/mol. The first-order valence-corrected chi connectivity index (χ1v) is 13.1. The third-order valence-corrected chi connectivity index (χ3v) is 8.21. The van der Waals surface area contributed by atoms with E-state index in [2.05, 4.69) is 15.1 Å². The van der Waals surface area contributed by atoms with Gasteiger partial charge in [-0.1, -0.05) is 19.4 Å². The van der Waals surface area contributed by atoms with Crippen LogP contribution in [0.5, 0.6) is 0 Å². The number of hydrogen-bond acceptors (Lipinski definition) is 8. The fourth-order valence-electron chi connectivity index (χ4n) is 6.07. The Morgan fingerprint density at radius 3 is 2.36 bits per heavy atom. The van der Waals surface area contributed by atoms with E-state index >= 15 is 0 Å². The minimum absolute atomic E-state index is 0.0647. The molecule has 0 radical (unpaired) electrons. The average molecular weight is 537 g/mol. The largest absolute Gasteiger partial charge is 0.364 e. The highest BCUT2D eigenvalue weighted by molar-refractivity contribution is 6.31. The second kappa shape index (κ2) is 9.60. The van der Waals surface area contributed by atoms with Gasteiger partial charge in [-0.3, -0.25) is 39.2 Å². The predicted molar refractivity (Wildman–Crippen MR) is 140 cm³/mol. The highest BCUT2D eigenvalue weighted by Crippen LogP contribution is 2.47. The van der Waals surface area contributed by atoms with E-state index in [-0.39, 0.29) is 18.5 Å². The number of rotatable bonds is 4. The molecule has 3 saturated heterocycles. The Labute approximate surface area is 226 Å². The molecule has 0 aromatic heterocycles. The summed E-state index contributed by atoms with van der Waals surface area (Å²) in [4.78, 5) is 85.1. The lowest BCUT2D eigenvalue weighted by atomic mass is 9.67. The number of imide groups is 4. The van der Waals surface area contributed by atoms with E-state index in [9.17, 15) is 28.8 Å². The van der Waals surface area contributed by atoms with Gasteiger partial charge in [-0.2, -0.15) is 0 Å². The predicted octanol–water partition coefficient (Wildman–Crippen LogP) is 0.662. The smallest absolute Gasteiger partial charge is 0.332 e. The van der Waals surface area contributed by atoms with Gasteiger partial charge in [0, 0.05) is 46.0 Å². The number of likely N-dealkylation sites (N-methyl/N-ethyl adjacent to an activating group) is 1. The fraction of sp³-hybridized carbons (Fsp3) is 0.481. The number of nitrogens with zero attached hydrogens (tertiary/aromatic N) is 5. The van der Waals surface area contributed by atoms with Crippen molar-refractivity contribution in [3.8, 4) is 0 Å². The fourth-order valence-corrected chi connectivity index (χ4v) is 6.07. The number of fused-ring (bicyclic) bond motifs is 4. The third kappa shape index (κ3) is 4.01. The van der Waals surface area contributed by atoms with E-state index in [0.717, 1.165) is 33.4 Å². The lowest BCUT2D eigenvalue weighted by Crippen LogP contribution is -2.74. The van der Waals surface area contributed by atoms with Crippen LogP contribution in [-0.4, -0.2) is 109 Å². The number of barbiturate groups is 2. The zero-order valence-corrected chi connectivity index (χ0v) is 22.5. The van der Waals surface area contributed by atoms with Gasteiger partial charge in [0.05, 0.1) is 6.04 Å². The van der Waals surface area contributed by atoms with E-state index in [0.29, 0.717) is 30.6 Å². The molecule has 4 heterocycles. The van der Waals surface area contributed by atoms with Crippen LogP contribution < -0.4 is 10.2 Å². The molecule has 39 heavy (non-hydrogen) atoms. The Morgan fingerprint density at radius 2 is 1.69 bits per heavy atom. The number of anilines is 1. The quantitative estimate of drug-likeness (QED) is 0.338. The highest BCUT2D eigenvalue weighted by atomic mass is 16.2. The van der Waals surface area contributed by atoms with Crippen LogP contribution in [0.15, 0.2) is 23.8 Å². The normalized spacial score (nSPS) is 24.5. The molecule has 5 rings (SSSR count). The number of amides is 8. The lowest BCUT2D eigenvalue weighted by molar-refractivity contribution is -0.160. The molecule has 1 aromatic carbocycles. The summed E-state index contributed by atoms with van der Waals surface area (Å²) in [6.45, 7) is 3.91. The third-order valence-electron chi connectivity index (χ3n) is 8.21. The first-order chi connectivity index (χ1) is 18.5. The van der Waals surface area contributed by atoms with Gasteiger partial charge >= 0.3 is 12.1 Å². The SMILES string of the molecule is CCCCN1C(=O)NC(=O)/C(=C\c2ccc3c(c2)CC2(C(=O)N(C)C(=O)N(C)C2=O)[C@@H]2CN(C)CCN32)C1=O. The molecule has 3 fully saturated rings. The van der Waals surface area contributed by atoms with Crippen molar-refractivity contribution < 1.29 is 28.8 Å². The molecule has 4 aliphatic rings. The van der Waals surface area contributed by atoms with E-state index in [1.807, 2.05) is 20.0 Å². The van der Waals surface area contributed by atoms with E-state index in [1.165, 1.54) is 20.2 Å². The molecule has 0 unspecified atom stereocenters. The van der Waals surface area contributed by atoms with E-state index < -0.39 is 47.1 Å². The van der Waals surface area contributed by atoms with Crippen LogP contribution in [0.3, 0.4) is 0 Å². The van der Waals surface area contributed by atoms with Gasteiger partial charge in [0.25, 0.3) is 11.8 Å². The van der Waals surface area contributed by atoms with Crippen molar-refractivity contribution in [1.29, 1.82) is 0 Å². The van der Waals surface area contributed by atoms with Crippen molar-refractivity contribution in [2.45, 2.75) is 32.2 Å². The Kier molecular flexibility index (Phi) is 6.53. The Morgan fingerprint density at radius 1 is 1.00 bits per heavy atom. The van der Waals surface area contributed by atoms with Crippen molar-refractivity contribution in [1.82, 2.24) is 24.9 Å². The molecule has 12 nitrogen and oxygen atoms in total. The first kappa shape index (κ1) is 26.5. The second-order valence-electron chi connectivity index (χ2n) is 10.6. The molecule has 1 N–H and O–H groups in total. The number of urea groups is 2. The Hall–Kier alpha value is -4.06. The summed E-state index contributed by atoms with van der Waals surface area (Å²) in [5.74, 6) is -2.51. The molecule has 0 bridgehead atoms. The van der Waals surface area contributed by atoms with E-state index in [1.54, 1.807) is 12.1 Å². The number of carbonyl (C=O) groups excluding carboxylic acids is 6. The highest BCUT2D eigenvalue weighted by Gasteiger charge is 2.63. The van der Waals surface area contributed by atoms with Crippen molar-refractivity contribution in [3.63, 3.8) is 0 Å². The minimum atomic E-state index is -1.51. The van der Waals surface area contributed by atoms with Crippen LogP contribution in [0, 0.1) is 5.41 Å². The van der Waals surface area contributed by atoms with Gasteiger partial charge in [-0.25, -0.2) is 9.59 Å². The number of nitrogens with one attached hydrogen (secondary N) is 1. The molecule has 206 valence electrons. The second-order valence-corrected chi connectivity index (χ2v) is 10.6. The number of unbranched alkanes of at least 4 members (excludes halogenated alkanes) is 1. The van der Waals surface area contributed by atoms with Gasteiger partial charge in [-0.15, -0.1) is 0 Å². The van der Waals surface area contributed by atoms with Gasteiger partial charge in [0.2, 0.25) is 11.8 Å². The van der Waals surface area contributed by atoms with Crippen molar-refractivity contribution in [3.05, 3.63) is 34.9 Å². The maximum atomic E-state index is 13.7. The summed E-state index contributed by atoms with van der Waals surface area (Å²) in [5, 5.41) is 2.23. The standard InChI is InChI=1S/C27H32N6O6/c1-5-6-9-33-22(35)18(21(34)28-25(33)38)13-16-7-8-19-17(12-16)14-27(20-15-29(2)10-11-32(19)20)23(36)30(3)26(39)31(4)24(27)37/h7-8,12-13,20H,5-6,9-11,14-15H2,1-4H3,(H,28,34,38)/b18-13+/t20-/m0/s1. The van der Waals surface area contributed by atoms with Crippen LogP contribution >= 0.6 is 0 Å². The summed E-state index contributed by atoms with van der Waals surface area (Å²) >= 11 is 0. The summed E-state index contributed by atoms with van der Waals surface area (Å²) in [6.07, 6.45) is 2.88. The van der Waals surface area contributed by atoms with Crippen LogP contribution in [0.4, 0.5) is 15.3 Å². The molecule has 8 amide bonds. The van der Waals surface area contributed by atoms with Gasteiger partial charge in [0.15, 0.2) is 5.41 Å². The van der Waals surface area contributed by atoms with Gasteiger partial charge in [0.1, 0.15) is 5.57 Å². The van der Waals surface area contributed by atoms with E-state index in [4.69, 9.17) is 0 Å². The lowest BCUT2D eigenvalue weighted by Gasteiger charge is -2.55. The Bertz CT molecular complexity index is 1310. The van der Waals surface area contributed by atoms with Crippen molar-refractivity contribution in [2.75, 3.05) is 52.2 Å². The molecule has 1 atom stereocenters. The number of benzene rings is 1. The van der Waals surface area contributed by atoms with Crippen LogP contribution in [-0.2, 0) is 25.6 Å². The summed E-state index contributed by atoms with van der Waals surface area (Å²) in [7, 11) is 4.72. The zero-order valence-electron chi connectivity index (χ0n) is 22.5. The van der Waals surface area contributed by atoms with Gasteiger partial charge < -0.3 is 9.80 Å². The minimum Gasteiger partial charge on any atom is -0.364 e. The number of hydrogen-bond donors (Lipinski definition) is 1. The van der Waals surface area contributed by atoms with Crippen molar-refractivity contribution >= 4 is 47.5 Å². The Balaban J connectivity index is 1.58. The van der Waals surface area contributed by atoms with Crippen LogP contribution in [0.1, 0.15) is 30.9 Å². The summed E-state index contributed by atoms with van der Waals surface area (Å²) < 4.78 is 0. The number of carbonyl (C=O) groups is 6. The van der Waals surface area contributed by atoms with Crippen molar-refractivity contribution in [2.24, 2.45) is 5.41 Å². The molecule has 0 aliphatic carbocycles. The summed E-state index contributed by atoms with van der Waals surface area (Å²) in [5.41, 5.74) is 0.414. The average Bonchev–Trinajstić information content (AvgIpc) is 2.91. The molecule has 4 aliphatic heterocycles. The molecule has 1 spiro atoms. The topological polar surface area (TPSA) is 131 Å². The maximum absolute atomic E-state index is 13.7. The maximum Gasteiger partial charge on any atom is 0.332 e. The zero-order chi connectivity index (χ0) is 28.2. The molecule has 12 heteroatoms.